The van der Waals surface area contributed by atoms with Gasteiger partial charge in [0.05, 0.1) is 12.0 Å². The third kappa shape index (κ3) is 2.02. The summed E-state index contributed by atoms with van der Waals surface area (Å²) < 4.78 is 0. The molecule has 0 amide bonds. The fourth-order valence-electron chi connectivity index (χ4n) is 2.84. The van der Waals surface area contributed by atoms with Gasteiger partial charge < -0.3 is 4.90 Å². The van der Waals surface area contributed by atoms with Crippen molar-refractivity contribution in [3.8, 4) is 6.07 Å². The Kier molecular flexibility index (Phi) is 3.38. The number of aryl methyl sites for hydroxylation is 2. The molecule has 1 heterocycles. The summed E-state index contributed by atoms with van der Waals surface area (Å²) in [7, 11) is 0. The maximum Gasteiger partial charge on any atom is 0.0681 e. The van der Waals surface area contributed by atoms with Crippen LogP contribution in [-0.4, -0.2) is 12.6 Å². The van der Waals surface area contributed by atoms with Crippen LogP contribution in [0.5, 0.6) is 0 Å². The molecule has 1 fully saturated rings. The Hall–Kier alpha value is -1.49. The quantitative estimate of drug-likeness (QED) is 0.776. The highest BCUT2D eigenvalue weighted by Crippen LogP contribution is 2.34. The fraction of sp³-hybridized carbons (Fsp3) is 0.533. The lowest BCUT2D eigenvalue weighted by Crippen LogP contribution is -2.30. The van der Waals surface area contributed by atoms with Gasteiger partial charge in [0.2, 0.25) is 0 Å². The maximum absolute atomic E-state index is 9.12. The Labute approximate surface area is 104 Å². The van der Waals surface area contributed by atoms with E-state index < -0.39 is 0 Å². The second kappa shape index (κ2) is 4.79. The minimum atomic E-state index is 0.180. The van der Waals surface area contributed by atoms with Crippen LogP contribution in [0.15, 0.2) is 18.2 Å². The lowest BCUT2D eigenvalue weighted by Gasteiger charge is -2.28. The Morgan fingerprint density at radius 3 is 2.82 bits per heavy atom. The van der Waals surface area contributed by atoms with E-state index in [4.69, 9.17) is 5.26 Å². The van der Waals surface area contributed by atoms with Gasteiger partial charge in [-0.05, 0) is 37.8 Å². The summed E-state index contributed by atoms with van der Waals surface area (Å²) in [5, 5.41) is 9.12. The minimum Gasteiger partial charge on any atom is -0.367 e. The summed E-state index contributed by atoms with van der Waals surface area (Å²) in [5.74, 6) is 0.180. The molecule has 1 aromatic carbocycles. The van der Waals surface area contributed by atoms with Crippen LogP contribution < -0.4 is 4.90 Å². The summed E-state index contributed by atoms with van der Waals surface area (Å²) in [4.78, 5) is 2.42. The smallest absolute Gasteiger partial charge is 0.0681 e. The lowest BCUT2D eigenvalue weighted by atomic mass is 10.0. The molecule has 2 unspecified atom stereocenters. The predicted molar refractivity (Wildman–Crippen MR) is 71.1 cm³/mol. The number of anilines is 1. The van der Waals surface area contributed by atoms with E-state index in [1.165, 1.54) is 16.8 Å². The number of nitrogens with zero attached hydrogens (tertiary/aromatic N) is 2. The molecule has 0 aromatic heterocycles. The Bertz CT molecular complexity index is 445. The maximum atomic E-state index is 9.12. The number of nitriles is 1. The molecule has 1 saturated heterocycles. The van der Waals surface area contributed by atoms with E-state index in [0.29, 0.717) is 6.04 Å². The molecule has 0 N–H and O–H groups in total. The van der Waals surface area contributed by atoms with Crippen molar-refractivity contribution in [3.63, 3.8) is 0 Å². The number of hydrogen-bond acceptors (Lipinski definition) is 2. The van der Waals surface area contributed by atoms with Gasteiger partial charge in [-0.25, -0.2) is 0 Å². The van der Waals surface area contributed by atoms with Gasteiger partial charge in [0.25, 0.3) is 0 Å². The van der Waals surface area contributed by atoms with E-state index in [9.17, 15) is 0 Å². The average molecular weight is 228 g/mol. The molecule has 2 nitrogen and oxygen atoms in total. The predicted octanol–water partition coefficient (Wildman–Crippen LogP) is 3.30. The second-order valence-electron chi connectivity index (χ2n) is 4.89. The van der Waals surface area contributed by atoms with Crippen molar-refractivity contribution < 1.29 is 0 Å². The molecule has 2 heteroatoms. The van der Waals surface area contributed by atoms with Crippen molar-refractivity contribution in [2.24, 2.45) is 5.92 Å². The summed E-state index contributed by atoms with van der Waals surface area (Å²) in [5.41, 5.74) is 4.09. The lowest BCUT2D eigenvalue weighted by molar-refractivity contribution is 0.614. The van der Waals surface area contributed by atoms with E-state index in [-0.39, 0.29) is 5.92 Å². The van der Waals surface area contributed by atoms with E-state index in [1.807, 2.05) is 0 Å². The van der Waals surface area contributed by atoms with E-state index >= 15 is 0 Å². The van der Waals surface area contributed by atoms with E-state index in [0.717, 1.165) is 19.4 Å². The van der Waals surface area contributed by atoms with Crippen molar-refractivity contribution in [2.75, 3.05) is 11.4 Å². The van der Waals surface area contributed by atoms with Crippen molar-refractivity contribution >= 4 is 5.69 Å². The van der Waals surface area contributed by atoms with Crippen molar-refractivity contribution in [2.45, 2.75) is 39.7 Å². The topological polar surface area (TPSA) is 27.0 Å². The fourth-order valence-corrected chi connectivity index (χ4v) is 2.84. The molecule has 17 heavy (non-hydrogen) atoms. The zero-order chi connectivity index (χ0) is 12.4. The first kappa shape index (κ1) is 12.0. The molecule has 0 aliphatic carbocycles. The Morgan fingerprint density at radius 1 is 1.47 bits per heavy atom. The van der Waals surface area contributed by atoms with Crippen LogP contribution in [0.4, 0.5) is 5.69 Å². The average Bonchev–Trinajstić information content (AvgIpc) is 2.70. The van der Waals surface area contributed by atoms with Crippen molar-refractivity contribution in [1.29, 1.82) is 5.26 Å². The summed E-state index contributed by atoms with van der Waals surface area (Å²) in [6.45, 7) is 7.55. The van der Waals surface area contributed by atoms with Crippen LogP contribution in [0.3, 0.4) is 0 Å². The first-order chi connectivity index (χ1) is 8.19. The molecule has 1 aliphatic rings. The Balaban J connectivity index is 2.39. The molecule has 0 saturated carbocycles. The monoisotopic (exact) mass is 228 g/mol. The first-order valence-corrected chi connectivity index (χ1v) is 6.43. The molecular weight excluding hydrogens is 208 g/mol. The van der Waals surface area contributed by atoms with Gasteiger partial charge in [-0.3, -0.25) is 0 Å². The van der Waals surface area contributed by atoms with Crippen LogP contribution in [0.25, 0.3) is 0 Å². The summed E-state index contributed by atoms with van der Waals surface area (Å²) >= 11 is 0. The molecule has 2 rings (SSSR count). The molecule has 2 atom stereocenters. The third-order valence-electron chi connectivity index (χ3n) is 3.91. The van der Waals surface area contributed by atoms with Crippen LogP contribution in [0.2, 0.25) is 0 Å². The largest absolute Gasteiger partial charge is 0.367 e. The first-order valence-electron chi connectivity index (χ1n) is 6.43. The Morgan fingerprint density at radius 2 is 2.24 bits per heavy atom. The standard InChI is InChI=1S/C15H20N2/c1-4-13-7-5-6-11(2)15(13)17-9-8-14(10-16)12(17)3/h5-7,12,14H,4,8-9H2,1-3H3. The van der Waals surface area contributed by atoms with Crippen LogP contribution in [0, 0.1) is 24.2 Å². The van der Waals surface area contributed by atoms with Gasteiger partial charge >= 0.3 is 0 Å². The highest BCUT2D eigenvalue weighted by atomic mass is 15.2. The molecule has 90 valence electrons. The normalized spacial score (nSPS) is 23.8. The van der Waals surface area contributed by atoms with Gasteiger partial charge in [0.1, 0.15) is 0 Å². The summed E-state index contributed by atoms with van der Waals surface area (Å²) in [6, 6.07) is 9.26. The van der Waals surface area contributed by atoms with Gasteiger partial charge in [-0.15, -0.1) is 0 Å². The van der Waals surface area contributed by atoms with Crippen LogP contribution in [-0.2, 0) is 6.42 Å². The number of hydrogen-bond donors (Lipinski definition) is 0. The number of para-hydroxylation sites is 1. The highest BCUT2D eigenvalue weighted by Gasteiger charge is 2.32. The van der Waals surface area contributed by atoms with Crippen molar-refractivity contribution in [3.05, 3.63) is 29.3 Å². The minimum absolute atomic E-state index is 0.180. The van der Waals surface area contributed by atoms with E-state index in [1.54, 1.807) is 0 Å². The van der Waals surface area contributed by atoms with Gasteiger partial charge in [-0.2, -0.15) is 5.26 Å². The van der Waals surface area contributed by atoms with Gasteiger partial charge in [0, 0.05) is 18.3 Å². The van der Waals surface area contributed by atoms with Gasteiger partial charge in [-0.1, -0.05) is 25.1 Å². The second-order valence-corrected chi connectivity index (χ2v) is 4.89. The van der Waals surface area contributed by atoms with Crippen molar-refractivity contribution in [1.82, 2.24) is 0 Å². The molecule has 1 aromatic rings. The van der Waals surface area contributed by atoms with Gasteiger partial charge in [0.15, 0.2) is 0 Å². The summed E-state index contributed by atoms with van der Waals surface area (Å²) in [6.07, 6.45) is 2.05. The third-order valence-corrected chi connectivity index (χ3v) is 3.91. The van der Waals surface area contributed by atoms with Crippen LogP contribution in [0.1, 0.15) is 31.4 Å². The zero-order valence-corrected chi connectivity index (χ0v) is 10.9. The zero-order valence-electron chi connectivity index (χ0n) is 10.9. The molecular formula is C15H20N2. The number of rotatable bonds is 2. The highest BCUT2D eigenvalue weighted by molar-refractivity contribution is 5.61. The SMILES string of the molecule is CCc1cccc(C)c1N1CCC(C#N)C1C. The molecule has 0 radical (unpaired) electrons. The van der Waals surface area contributed by atoms with E-state index in [2.05, 4.69) is 49.9 Å². The molecule has 0 bridgehead atoms. The molecule has 0 spiro atoms. The molecule has 1 aliphatic heterocycles. The number of benzene rings is 1. The van der Waals surface area contributed by atoms with Crippen LogP contribution >= 0.6 is 0 Å².